The number of hydrogen-bond donors (Lipinski definition) is 4. The number of aliphatic hydroxyl groups is 1. The van der Waals surface area contributed by atoms with E-state index in [2.05, 4.69) is 16.2 Å². The van der Waals surface area contributed by atoms with E-state index in [0.29, 0.717) is 12.1 Å². The monoisotopic (exact) mass is 271 g/mol. The summed E-state index contributed by atoms with van der Waals surface area (Å²) >= 11 is 0. The molecular formula is C15H17N3O2. The van der Waals surface area contributed by atoms with E-state index in [0.717, 1.165) is 11.3 Å². The number of para-hydroxylation sites is 1. The summed E-state index contributed by atoms with van der Waals surface area (Å²) in [6.45, 7) is 0.119. The molecule has 0 aliphatic carbocycles. The van der Waals surface area contributed by atoms with Gasteiger partial charge in [-0.25, -0.2) is 4.79 Å². The minimum atomic E-state index is -0.344. The third-order valence-corrected chi connectivity index (χ3v) is 2.71. The molecule has 0 radical (unpaired) electrons. The number of anilines is 2. The maximum atomic E-state index is 11.7. The van der Waals surface area contributed by atoms with Crippen molar-refractivity contribution in [2.75, 3.05) is 17.3 Å². The Morgan fingerprint density at radius 2 is 1.65 bits per heavy atom. The Morgan fingerprint density at radius 1 is 0.950 bits per heavy atom. The molecule has 0 fully saturated rings. The van der Waals surface area contributed by atoms with Crippen molar-refractivity contribution in [3.05, 3.63) is 60.2 Å². The van der Waals surface area contributed by atoms with Crippen LogP contribution in [0.4, 0.5) is 16.2 Å². The molecule has 0 aliphatic heterocycles. The van der Waals surface area contributed by atoms with Crippen LogP contribution in [0.5, 0.6) is 0 Å². The number of benzene rings is 2. The lowest BCUT2D eigenvalue weighted by Crippen LogP contribution is -2.33. The molecule has 2 rings (SSSR count). The first-order chi connectivity index (χ1) is 9.78. The molecule has 0 heterocycles. The van der Waals surface area contributed by atoms with Gasteiger partial charge in [-0.15, -0.1) is 0 Å². The number of hydrazine groups is 1. The number of carbonyl (C=O) groups excluding carboxylic acids is 1. The van der Waals surface area contributed by atoms with Crippen molar-refractivity contribution in [3.8, 4) is 0 Å². The second-order valence-corrected chi connectivity index (χ2v) is 4.24. The molecule has 0 saturated heterocycles. The van der Waals surface area contributed by atoms with Gasteiger partial charge in [-0.2, -0.15) is 0 Å². The lowest BCUT2D eigenvalue weighted by atomic mass is 10.1. The molecule has 104 valence electrons. The van der Waals surface area contributed by atoms with Gasteiger partial charge in [0.1, 0.15) is 0 Å². The highest BCUT2D eigenvalue weighted by Crippen LogP contribution is 2.10. The van der Waals surface area contributed by atoms with Crippen LogP contribution in [0.2, 0.25) is 0 Å². The van der Waals surface area contributed by atoms with Crippen LogP contribution in [-0.4, -0.2) is 17.7 Å². The maximum absolute atomic E-state index is 11.7. The van der Waals surface area contributed by atoms with Gasteiger partial charge in [0.15, 0.2) is 0 Å². The van der Waals surface area contributed by atoms with E-state index >= 15 is 0 Å². The molecular weight excluding hydrogens is 254 g/mol. The standard InChI is InChI=1S/C15H17N3O2/c19-11-10-12-6-8-13(9-7-12)16-15(20)18-17-14-4-2-1-3-5-14/h1-9,17,19H,10-11H2,(H2,16,18,20). The summed E-state index contributed by atoms with van der Waals surface area (Å²) in [4.78, 5) is 11.7. The Bertz CT molecular complexity index is 541. The molecule has 5 heteroatoms. The average Bonchev–Trinajstić information content (AvgIpc) is 2.49. The SMILES string of the molecule is O=C(NNc1ccccc1)Nc1ccc(CCO)cc1. The number of aliphatic hydroxyl groups excluding tert-OH is 1. The average molecular weight is 271 g/mol. The highest BCUT2D eigenvalue weighted by molar-refractivity contribution is 5.89. The molecule has 2 aromatic carbocycles. The molecule has 2 amide bonds. The van der Waals surface area contributed by atoms with Gasteiger partial charge in [0.2, 0.25) is 0 Å². The molecule has 4 N–H and O–H groups in total. The number of hydrogen-bond acceptors (Lipinski definition) is 3. The fraction of sp³-hybridized carbons (Fsp3) is 0.133. The van der Waals surface area contributed by atoms with Crippen molar-refractivity contribution < 1.29 is 9.90 Å². The lowest BCUT2D eigenvalue weighted by Gasteiger charge is -2.10. The third-order valence-electron chi connectivity index (χ3n) is 2.71. The fourth-order valence-corrected chi connectivity index (χ4v) is 1.70. The van der Waals surface area contributed by atoms with Crippen LogP contribution >= 0.6 is 0 Å². The molecule has 0 atom stereocenters. The lowest BCUT2D eigenvalue weighted by molar-refractivity contribution is 0.254. The Morgan fingerprint density at radius 3 is 2.30 bits per heavy atom. The molecule has 0 bridgehead atoms. The molecule has 2 aromatic rings. The summed E-state index contributed by atoms with van der Waals surface area (Å²) in [5.41, 5.74) is 7.88. The van der Waals surface area contributed by atoms with Crippen LogP contribution in [0.3, 0.4) is 0 Å². The van der Waals surface area contributed by atoms with E-state index in [9.17, 15) is 4.79 Å². The number of nitrogens with one attached hydrogen (secondary N) is 3. The summed E-state index contributed by atoms with van der Waals surface area (Å²) in [7, 11) is 0. The molecule has 0 aromatic heterocycles. The van der Waals surface area contributed by atoms with Gasteiger partial charge in [0, 0.05) is 12.3 Å². The third kappa shape index (κ3) is 4.29. The van der Waals surface area contributed by atoms with Crippen LogP contribution in [0.15, 0.2) is 54.6 Å². The number of amides is 2. The molecule has 5 nitrogen and oxygen atoms in total. The van der Waals surface area contributed by atoms with E-state index in [1.54, 1.807) is 12.1 Å². The Balaban J connectivity index is 1.82. The zero-order valence-electron chi connectivity index (χ0n) is 11.0. The summed E-state index contributed by atoms with van der Waals surface area (Å²) in [6.07, 6.45) is 0.613. The zero-order valence-corrected chi connectivity index (χ0v) is 11.0. The van der Waals surface area contributed by atoms with E-state index in [1.807, 2.05) is 42.5 Å². The molecule has 0 unspecified atom stereocenters. The predicted octanol–water partition coefficient (Wildman–Crippen LogP) is 2.37. The minimum absolute atomic E-state index is 0.119. The summed E-state index contributed by atoms with van der Waals surface area (Å²) in [5, 5.41) is 11.5. The van der Waals surface area contributed by atoms with Gasteiger partial charge in [-0.3, -0.25) is 10.9 Å². The predicted molar refractivity (Wildman–Crippen MR) is 79.5 cm³/mol. The number of rotatable bonds is 5. The van der Waals surface area contributed by atoms with Crippen molar-refractivity contribution >= 4 is 17.4 Å². The van der Waals surface area contributed by atoms with Crippen molar-refractivity contribution in [1.29, 1.82) is 0 Å². The van der Waals surface area contributed by atoms with Crippen LogP contribution in [0.25, 0.3) is 0 Å². The van der Waals surface area contributed by atoms with Gasteiger partial charge in [-0.05, 0) is 36.2 Å². The van der Waals surface area contributed by atoms with Crippen molar-refractivity contribution in [2.45, 2.75) is 6.42 Å². The van der Waals surface area contributed by atoms with E-state index in [-0.39, 0.29) is 12.6 Å². The topological polar surface area (TPSA) is 73.4 Å². The molecule has 20 heavy (non-hydrogen) atoms. The van der Waals surface area contributed by atoms with Crippen molar-refractivity contribution in [1.82, 2.24) is 5.43 Å². The van der Waals surface area contributed by atoms with Gasteiger partial charge in [0.05, 0.1) is 5.69 Å². The van der Waals surface area contributed by atoms with E-state index < -0.39 is 0 Å². The molecule has 0 spiro atoms. The maximum Gasteiger partial charge on any atom is 0.337 e. The van der Waals surface area contributed by atoms with Crippen LogP contribution < -0.4 is 16.2 Å². The quantitative estimate of drug-likeness (QED) is 0.631. The van der Waals surface area contributed by atoms with E-state index in [1.165, 1.54) is 0 Å². The summed E-state index contributed by atoms with van der Waals surface area (Å²) in [5.74, 6) is 0. The normalized spacial score (nSPS) is 9.85. The van der Waals surface area contributed by atoms with Gasteiger partial charge >= 0.3 is 6.03 Å². The van der Waals surface area contributed by atoms with E-state index in [4.69, 9.17) is 5.11 Å². The van der Waals surface area contributed by atoms with Crippen LogP contribution in [0.1, 0.15) is 5.56 Å². The van der Waals surface area contributed by atoms with Gasteiger partial charge < -0.3 is 10.4 Å². The van der Waals surface area contributed by atoms with Gasteiger partial charge in [-0.1, -0.05) is 30.3 Å². The Labute approximate surface area is 117 Å². The molecule has 0 saturated carbocycles. The summed E-state index contributed by atoms with van der Waals surface area (Å²) in [6, 6.07) is 16.4. The molecule has 0 aliphatic rings. The number of carbonyl (C=O) groups is 1. The smallest absolute Gasteiger partial charge is 0.337 e. The first-order valence-electron chi connectivity index (χ1n) is 6.36. The van der Waals surface area contributed by atoms with Crippen molar-refractivity contribution in [3.63, 3.8) is 0 Å². The Hall–Kier alpha value is -2.53. The second-order valence-electron chi connectivity index (χ2n) is 4.24. The fourth-order valence-electron chi connectivity index (χ4n) is 1.70. The highest BCUT2D eigenvalue weighted by Gasteiger charge is 2.01. The highest BCUT2D eigenvalue weighted by atomic mass is 16.3. The Kier molecular flexibility index (Phi) is 4.97. The second kappa shape index (κ2) is 7.16. The van der Waals surface area contributed by atoms with Gasteiger partial charge in [0.25, 0.3) is 0 Å². The zero-order chi connectivity index (χ0) is 14.2. The first kappa shape index (κ1) is 13.9. The van der Waals surface area contributed by atoms with Crippen LogP contribution in [0, 0.1) is 0 Å². The van der Waals surface area contributed by atoms with Crippen molar-refractivity contribution in [2.24, 2.45) is 0 Å². The van der Waals surface area contributed by atoms with Crippen LogP contribution in [-0.2, 0) is 6.42 Å². The summed E-state index contributed by atoms with van der Waals surface area (Å²) < 4.78 is 0. The first-order valence-corrected chi connectivity index (χ1v) is 6.36. The minimum Gasteiger partial charge on any atom is -0.396 e. The largest absolute Gasteiger partial charge is 0.396 e. The number of urea groups is 1.